The fourth-order valence-corrected chi connectivity index (χ4v) is 4.79. The van der Waals surface area contributed by atoms with Crippen molar-refractivity contribution in [3.63, 3.8) is 0 Å². The number of nitrogens with zero attached hydrogens (tertiary/aromatic N) is 2. The van der Waals surface area contributed by atoms with Crippen LogP contribution >= 0.6 is 0 Å². The summed E-state index contributed by atoms with van der Waals surface area (Å²) in [4.78, 5) is 22.3. The lowest BCUT2D eigenvalue weighted by molar-refractivity contribution is -0.384. The zero-order valence-electron chi connectivity index (χ0n) is 17.1. The molecule has 1 aliphatic rings. The van der Waals surface area contributed by atoms with E-state index in [4.69, 9.17) is 9.47 Å². The van der Waals surface area contributed by atoms with Crippen LogP contribution in [0.25, 0.3) is 0 Å². The van der Waals surface area contributed by atoms with Crippen molar-refractivity contribution < 1.29 is 27.6 Å². The predicted molar refractivity (Wildman–Crippen MR) is 112 cm³/mol. The number of carbonyl (C=O) groups is 1. The molecule has 11 heteroatoms. The van der Waals surface area contributed by atoms with Gasteiger partial charge in [-0.15, -0.1) is 0 Å². The molecule has 166 valence electrons. The second kappa shape index (κ2) is 9.41. The van der Waals surface area contributed by atoms with Crippen LogP contribution < -0.4 is 10.1 Å². The molecule has 1 amide bonds. The summed E-state index contributed by atoms with van der Waals surface area (Å²) in [6.45, 7) is 3.92. The van der Waals surface area contributed by atoms with Crippen LogP contribution in [-0.4, -0.2) is 55.5 Å². The summed E-state index contributed by atoms with van der Waals surface area (Å²) in [5.41, 5.74) is 0.341. The number of nitro benzene ring substituents is 1. The van der Waals surface area contributed by atoms with Crippen LogP contribution in [0.15, 0.2) is 53.4 Å². The zero-order valence-corrected chi connectivity index (χ0v) is 17.9. The third-order valence-electron chi connectivity index (χ3n) is 4.58. The number of anilines is 1. The summed E-state index contributed by atoms with van der Waals surface area (Å²) in [7, 11) is -3.66. The topological polar surface area (TPSA) is 128 Å². The third kappa shape index (κ3) is 5.78. The molecule has 1 saturated heterocycles. The van der Waals surface area contributed by atoms with Crippen molar-refractivity contribution in [2.24, 2.45) is 0 Å². The molecule has 31 heavy (non-hydrogen) atoms. The lowest BCUT2D eigenvalue weighted by Gasteiger charge is -2.34. The average Bonchev–Trinajstić information content (AvgIpc) is 2.72. The number of morpholine rings is 1. The van der Waals surface area contributed by atoms with Gasteiger partial charge in [-0.05, 0) is 50.2 Å². The summed E-state index contributed by atoms with van der Waals surface area (Å²) in [5, 5.41) is 13.3. The number of nitro groups is 1. The van der Waals surface area contributed by atoms with E-state index in [1.165, 1.54) is 52.8 Å². The first-order valence-electron chi connectivity index (χ1n) is 9.58. The Morgan fingerprint density at radius 2 is 1.71 bits per heavy atom. The maximum absolute atomic E-state index is 12.9. The minimum Gasteiger partial charge on any atom is -0.484 e. The highest BCUT2D eigenvalue weighted by atomic mass is 32.2. The Morgan fingerprint density at radius 3 is 2.26 bits per heavy atom. The van der Waals surface area contributed by atoms with Crippen molar-refractivity contribution in [3.05, 3.63) is 58.6 Å². The Hall–Kier alpha value is -3.02. The van der Waals surface area contributed by atoms with Gasteiger partial charge >= 0.3 is 0 Å². The first-order valence-corrected chi connectivity index (χ1v) is 11.0. The molecule has 10 nitrogen and oxygen atoms in total. The molecule has 0 unspecified atom stereocenters. The number of rotatable bonds is 7. The number of hydrogen-bond acceptors (Lipinski definition) is 7. The van der Waals surface area contributed by atoms with E-state index in [0.29, 0.717) is 11.4 Å². The van der Waals surface area contributed by atoms with Crippen LogP contribution in [0.4, 0.5) is 11.4 Å². The number of non-ortho nitro benzene ring substituents is 1. The van der Waals surface area contributed by atoms with E-state index in [1.807, 2.05) is 13.8 Å². The Bertz CT molecular complexity index is 1030. The summed E-state index contributed by atoms with van der Waals surface area (Å²) in [6, 6.07) is 11.2. The van der Waals surface area contributed by atoms with Crippen LogP contribution in [-0.2, 0) is 19.6 Å². The maximum Gasteiger partial charge on any atom is 0.269 e. The van der Waals surface area contributed by atoms with Crippen LogP contribution in [0.1, 0.15) is 13.8 Å². The zero-order chi connectivity index (χ0) is 22.6. The second-order valence-electron chi connectivity index (χ2n) is 7.19. The van der Waals surface area contributed by atoms with E-state index in [2.05, 4.69) is 5.32 Å². The molecule has 1 fully saturated rings. The molecular formula is C20H23N3O7S. The smallest absolute Gasteiger partial charge is 0.269 e. The van der Waals surface area contributed by atoms with Crippen molar-refractivity contribution in [2.75, 3.05) is 25.0 Å². The number of nitrogens with one attached hydrogen (secondary N) is 1. The molecule has 0 saturated carbocycles. The highest BCUT2D eigenvalue weighted by Crippen LogP contribution is 2.22. The Labute approximate surface area is 180 Å². The van der Waals surface area contributed by atoms with Crippen molar-refractivity contribution in [2.45, 2.75) is 31.0 Å². The summed E-state index contributed by atoms with van der Waals surface area (Å²) < 4.78 is 38.0. The number of carbonyl (C=O) groups excluding carboxylic acids is 1. The molecule has 0 aliphatic carbocycles. The number of amides is 1. The molecule has 1 N–H and O–H groups in total. The monoisotopic (exact) mass is 449 g/mol. The summed E-state index contributed by atoms with van der Waals surface area (Å²) in [5.74, 6) is -0.138. The van der Waals surface area contributed by atoms with E-state index in [0.717, 1.165) is 0 Å². The van der Waals surface area contributed by atoms with Crippen molar-refractivity contribution >= 4 is 27.3 Å². The van der Waals surface area contributed by atoms with Crippen molar-refractivity contribution in [3.8, 4) is 5.75 Å². The number of benzene rings is 2. The molecule has 0 radical (unpaired) electrons. The molecule has 1 heterocycles. The third-order valence-corrected chi connectivity index (χ3v) is 6.43. The van der Waals surface area contributed by atoms with Gasteiger partial charge in [0.05, 0.1) is 22.0 Å². The molecular weight excluding hydrogens is 426 g/mol. The Balaban J connectivity index is 1.57. The van der Waals surface area contributed by atoms with Crippen LogP contribution in [0.2, 0.25) is 0 Å². The van der Waals surface area contributed by atoms with Crippen LogP contribution in [0.5, 0.6) is 5.75 Å². The first-order chi connectivity index (χ1) is 14.6. The van der Waals surface area contributed by atoms with Crippen molar-refractivity contribution in [1.82, 2.24) is 4.31 Å². The molecule has 0 bridgehead atoms. The molecule has 2 aromatic rings. The van der Waals surface area contributed by atoms with Gasteiger partial charge in [-0.2, -0.15) is 4.31 Å². The molecule has 0 spiro atoms. The highest BCUT2D eigenvalue weighted by molar-refractivity contribution is 7.89. The minimum absolute atomic E-state index is 0.0761. The predicted octanol–water partition coefficient (Wildman–Crippen LogP) is 2.41. The molecule has 3 rings (SSSR count). The minimum atomic E-state index is -3.66. The molecule has 2 aromatic carbocycles. The van der Waals surface area contributed by atoms with Gasteiger partial charge in [0, 0.05) is 30.9 Å². The second-order valence-corrected chi connectivity index (χ2v) is 9.13. The van der Waals surface area contributed by atoms with E-state index >= 15 is 0 Å². The van der Waals surface area contributed by atoms with Crippen LogP contribution in [0, 0.1) is 10.1 Å². The van der Waals surface area contributed by atoms with E-state index in [-0.39, 0.29) is 42.5 Å². The van der Waals surface area contributed by atoms with Gasteiger partial charge in [0.25, 0.3) is 11.6 Å². The Morgan fingerprint density at radius 1 is 1.13 bits per heavy atom. The molecule has 0 aromatic heterocycles. The number of hydrogen-bond donors (Lipinski definition) is 1. The lowest BCUT2D eigenvalue weighted by Crippen LogP contribution is -2.48. The quantitative estimate of drug-likeness (QED) is 0.508. The summed E-state index contributed by atoms with van der Waals surface area (Å²) in [6.07, 6.45) is -0.374. The van der Waals surface area contributed by atoms with Gasteiger partial charge in [-0.25, -0.2) is 8.42 Å². The van der Waals surface area contributed by atoms with Gasteiger partial charge < -0.3 is 14.8 Å². The molecule has 1 aliphatic heterocycles. The largest absolute Gasteiger partial charge is 0.484 e. The normalized spacial score (nSPS) is 19.5. The van der Waals surface area contributed by atoms with Gasteiger partial charge in [0.1, 0.15) is 5.75 Å². The average molecular weight is 449 g/mol. The SMILES string of the molecule is C[C@@H]1CN(S(=O)(=O)c2ccc(NC(=O)COc3ccc([N+](=O)[O-])cc3)cc2)C[C@H](C)O1. The number of ether oxygens (including phenoxy) is 2. The maximum atomic E-state index is 12.9. The standard InChI is InChI=1S/C20H23N3O7S/c1-14-11-22(12-15(2)30-14)31(27,28)19-9-3-16(4-10-19)21-20(24)13-29-18-7-5-17(6-8-18)23(25)26/h3-10,14-15H,11-13H2,1-2H3,(H,21,24)/t14-,15+. The number of sulfonamides is 1. The highest BCUT2D eigenvalue weighted by Gasteiger charge is 2.32. The lowest BCUT2D eigenvalue weighted by atomic mass is 10.3. The summed E-state index contributed by atoms with van der Waals surface area (Å²) >= 11 is 0. The van der Waals surface area contributed by atoms with Gasteiger partial charge in [0.15, 0.2) is 6.61 Å². The first kappa shape index (κ1) is 22.7. The van der Waals surface area contributed by atoms with Gasteiger partial charge in [0.2, 0.25) is 10.0 Å². The van der Waals surface area contributed by atoms with E-state index in [1.54, 1.807) is 0 Å². The van der Waals surface area contributed by atoms with Crippen LogP contribution in [0.3, 0.4) is 0 Å². The van der Waals surface area contributed by atoms with Crippen molar-refractivity contribution in [1.29, 1.82) is 0 Å². The Kier molecular flexibility index (Phi) is 6.88. The fourth-order valence-electron chi connectivity index (χ4n) is 3.20. The van der Waals surface area contributed by atoms with Gasteiger partial charge in [-0.1, -0.05) is 0 Å². The van der Waals surface area contributed by atoms with E-state index in [9.17, 15) is 23.3 Å². The fraction of sp³-hybridized carbons (Fsp3) is 0.350. The van der Waals surface area contributed by atoms with E-state index < -0.39 is 20.9 Å². The van der Waals surface area contributed by atoms with Gasteiger partial charge in [-0.3, -0.25) is 14.9 Å². The molecule has 2 atom stereocenters.